The van der Waals surface area contributed by atoms with Crippen LogP contribution in [0.2, 0.25) is 0 Å². The zero-order valence-corrected chi connectivity index (χ0v) is 11.8. The van der Waals surface area contributed by atoms with Gasteiger partial charge in [-0.15, -0.1) is 10.2 Å². The molecule has 2 N–H and O–H groups in total. The third-order valence-electron chi connectivity index (χ3n) is 3.77. The number of benzene rings is 1. The lowest BCUT2D eigenvalue weighted by molar-refractivity contribution is -0.152. The Hall–Kier alpha value is -2.77. The van der Waals surface area contributed by atoms with E-state index in [1.807, 2.05) is 30.3 Å². The third-order valence-corrected chi connectivity index (χ3v) is 3.77. The second-order valence-corrected chi connectivity index (χ2v) is 5.30. The summed E-state index contributed by atoms with van der Waals surface area (Å²) >= 11 is 0. The van der Waals surface area contributed by atoms with Crippen LogP contribution in [0.5, 0.6) is 0 Å². The highest BCUT2D eigenvalue weighted by molar-refractivity contribution is 5.87. The summed E-state index contributed by atoms with van der Waals surface area (Å²) in [6.45, 7) is -0.158. The molecule has 0 atom stereocenters. The molecule has 8 heteroatoms. The first-order chi connectivity index (χ1) is 10.6. The molecule has 3 rings (SSSR count). The third kappa shape index (κ3) is 2.67. The van der Waals surface area contributed by atoms with Crippen LogP contribution in [0.15, 0.2) is 30.3 Å². The standard InChI is InChI=1S/C14H15N5O3/c20-11(15-14(13(21)22)7-4-8-14)9-19-17-12(16-18-19)10-5-2-1-3-6-10/h1-3,5-6H,4,7-9H2,(H,15,20)(H,21,22). The number of nitrogens with zero attached hydrogens (tertiary/aromatic N) is 4. The van der Waals surface area contributed by atoms with Crippen molar-refractivity contribution in [3.05, 3.63) is 30.3 Å². The quantitative estimate of drug-likeness (QED) is 0.830. The number of rotatable bonds is 5. The molecule has 1 aromatic heterocycles. The number of tetrazole rings is 1. The molecule has 1 amide bonds. The summed E-state index contributed by atoms with van der Waals surface area (Å²) < 4.78 is 0. The molecule has 0 bridgehead atoms. The van der Waals surface area contributed by atoms with Crippen LogP contribution < -0.4 is 5.32 Å². The zero-order valence-electron chi connectivity index (χ0n) is 11.8. The number of amides is 1. The summed E-state index contributed by atoms with van der Waals surface area (Å²) in [5.41, 5.74) is -0.324. The SMILES string of the molecule is O=C(Cn1nnc(-c2ccccc2)n1)NC1(C(=O)O)CCC1. The van der Waals surface area contributed by atoms with Gasteiger partial charge in [0, 0.05) is 5.56 Å². The second kappa shape index (κ2) is 5.55. The molecule has 1 aliphatic carbocycles. The van der Waals surface area contributed by atoms with Crippen molar-refractivity contribution in [3.8, 4) is 11.4 Å². The van der Waals surface area contributed by atoms with Gasteiger partial charge in [-0.2, -0.15) is 4.80 Å². The van der Waals surface area contributed by atoms with E-state index < -0.39 is 17.4 Å². The molecule has 2 aromatic rings. The van der Waals surface area contributed by atoms with E-state index in [0.29, 0.717) is 18.7 Å². The monoisotopic (exact) mass is 301 g/mol. The first kappa shape index (κ1) is 14.2. The Morgan fingerprint density at radius 3 is 2.59 bits per heavy atom. The highest BCUT2D eigenvalue weighted by Gasteiger charge is 2.45. The summed E-state index contributed by atoms with van der Waals surface area (Å²) in [6, 6.07) is 9.28. The van der Waals surface area contributed by atoms with Crippen LogP contribution in [-0.2, 0) is 16.1 Å². The van der Waals surface area contributed by atoms with Gasteiger partial charge in [0.05, 0.1) is 0 Å². The number of carboxylic acids is 1. The van der Waals surface area contributed by atoms with Crippen molar-refractivity contribution in [1.29, 1.82) is 0 Å². The van der Waals surface area contributed by atoms with E-state index in [1.54, 1.807) is 0 Å². The van der Waals surface area contributed by atoms with Gasteiger partial charge in [-0.25, -0.2) is 4.79 Å². The molecule has 0 aliphatic heterocycles. The minimum atomic E-state index is -1.13. The van der Waals surface area contributed by atoms with E-state index in [2.05, 4.69) is 20.7 Å². The molecule has 0 spiro atoms. The number of carbonyl (C=O) groups excluding carboxylic acids is 1. The Labute approximate surface area is 126 Å². The molecule has 0 radical (unpaired) electrons. The molecule has 1 heterocycles. The number of carboxylic acid groups (broad SMARTS) is 1. The Kier molecular flexibility index (Phi) is 3.58. The van der Waals surface area contributed by atoms with Gasteiger partial charge in [0.25, 0.3) is 0 Å². The van der Waals surface area contributed by atoms with Gasteiger partial charge in [0.15, 0.2) is 0 Å². The topological polar surface area (TPSA) is 110 Å². The number of hydrogen-bond donors (Lipinski definition) is 2. The average Bonchev–Trinajstić information content (AvgIpc) is 2.92. The fourth-order valence-corrected chi connectivity index (χ4v) is 2.37. The molecule has 1 aliphatic rings. The Balaban J connectivity index is 1.65. The van der Waals surface area contributed by atoms with Crippen molar-refractivity contribution >= 4 is 11.9 Å². The van der Waals surface area contributed by atoms with Crippen LogP contribution in [0.1, 0.15) is 19.3 Å². The van der Waals surface area contributed by atoms with Gasteiger partial charge in [-0.05, 0) is 24.5 Å². The lowest BCUT2D eigenvalue weighted by atomic mass is 9.77. The lowest BCUT2D eigenvalue weighted by Gasteiger charge is -2.38. The van der Waals surface area contributed by atoms with E-state index in [0.717, 1.165) is 16.8 Å². The Morgan fingerprint density at radius 1 is 1.27 bits per heavy atom. The summed E-state index contributed by atoms with van der Waals surface area (Å²) in [5.74, 6) is -1.01. The fourth-order valence-electron chi connectivity index (χ4n) is 2.37. The van der Waals surface area contributed by atoms with Crippen LogP contribution in [0.4, 0.5) is 0 Å². The predicted octanol–water partition coefficient (Wildman–Crippen LogP) is 0.464. The largest absolute Gasteiger partial charge is 0.480 e. The normalized spacial score (nSPS) is 15.8. The van der Waals surface area contributed by atoms with Crippen molar-refractivity contribution in [1.82, 2.24) is 25.5 Å². The molecule has 1 saturated carbocycles. The molecule has 1 aromatic carbocycles. The smallest absolute Gasteiger partial charge is 0.329 e. The van der Waals surface area contributed by atoms with Crippen LogP contribution >= 0.6 is 0 Å². The molecular weight excluding hydrogens is 286 g/mol. The number of aromatic nitrogens is 4. The van der Waals surface area contributed by atoms with Crippen LogP contribution in [0, 0.1) is 0 Å². The molecule has 1 fully saturated rings. The minimum Gasteiger partial charge on any atom is -0.480 e. The highest BCUT2D eigenvalue weighted by Crippen LogP contribution is 2.31. The van der Waals surface area contributed by atoms with Crippen molar-refractivity contribution < 1.29 is 14.7 Å². The van der Waals surface area contributed by atoms with Gasteiger partial charge in [0.1, 0.15) is 12.1 Å². The van der Waals surface area contributed by atoms with Crippen molar-refractivity contribution in [2.75, 3.05) is 0 Å². The Bertz CT molecular complexity index is 694. The second-order valence-electron chi connectivity index (χ2n) is 5.30. The first-order valence-electron chi connectivity index (χ1n) is 6.97. The summed E-state index contributed by atoms with van der Waals surface area (Å²) in [7, 11) is 0. The molecule has 8 nitrogen and oxygen atoms in total. The summed E-state index contributed by atoms with van der Waals surface area (Å²) in [6.07, 6.45) is 1.70. The molecular formula is C14H15N5O3. The number of hydrogen-bond acceptors (Lipinski definition) is 5. The van der Waals surface area contributed by atoms with E-state index >= 15 is 0 Å². The number of nitrogens with one attached hydrogen (secondary N) is 1. The molecule has 114 valence electrons. The number of aliphatic carboxylic acids is 1. The van der Waals surface area contributed by atoms with Gasteiger partial charge in [-0.3, -0.25) is 4.79 Å². The van der Waals surface area contributed by atoms with Gasteiger partial charge in [-0.1, -0.05) is 30.3 Å². The summed E-state index contributed by atoms with van der Waals surface area (Å²) in [5, 5.41) is 23.6. The van der Waals surface area contributed by atoms with Gasteiger partial charge < -0.3 is 10.4 Å². The van der Waals surface area contributed by atoms with E-state index in [1.165, 1.54) is 0 Å². The number of carbonyl (C=O) groups is 2. The maximum Gasteiger partial charge on any atom is 0.329 e. The van der Waals surface area contributed by atoms with E-state index in [4.69, 9.17) is 0 Å². The van der Waals surface area contributed by atoms with E-state index in [9.17, 15) is 14.7 Å². The average molecular weight is 301 g/mol. The minimum absolute atomic E-state index is 0.158. The van der Waals surface area contributed by atoms with Crippen molar-refractivity contribution in [2.45, 2.75) is 31.3 Å². The zero-order chi connectivity index (χ0) is 15.6. The maximum absolute atomic E-state index is 12.0. The van der Waals surface area contributed by atoms with Crippen LogP contribution in [0.3, 0.4) is 0 Å². The first-order valence-corrected chi connectivity index (χ1v) is 6.97. The maximum atomic E-state index is 12.0. The van der Waals surface area contributed by atoms with Gasteiger partial charge >= 0.3 is 5.97 Å². The molecule has 22 heavy (non-hydrogen) atoms. The van der Waals surface area contributed by atoms with Crippen molar-refractivity contribution in [3.63, 3.8) is 0 Å². The lowest BCUT2D eigenvalue weighted by Crippen LogP contribution is -2.59. The highest BCUT2D eigenvalue weighted by atomic mass is 16.4. The van der Waals surface area contributed by atoms with Gasteiger partial charge in [0.2, 0.25) is 11.7 Å². The van der Waals surface area contributed by atoms with Crippen molar-refractivity contribution in [2.24, 2.45) is 0 Å². The molecule has 0 saturated heterocycles. The van der Waals surface area contributed by atoms with Crippen LogP contribution in [-0.4, -0.2) is 42.7 Å². The fraction of sp³-hybridized carbons (Fsp3) is 0.357. The van der Waals surface area contributed by atoms with E-state index in [-0.39, 0.29) is 6.54 Å². The molecule has 0 unspecified atom stereocenters. The Morgan fingerprint density at radius 2 is 2.00 bits per heavy atom. The van der Waals surface area contributed by atoms with Crippen LogP contribution in [0.25, 0.3) is 11.4 Å². The summed E-state index contributed by atoms with van der Waals surface area (Å²) in [4.78, 5) is 24.3. The predicted molar refractivity (Wildman–Crippen MR) is 75.6 cm³/mol.